The molecule has 2 atom stereocenters. The molecule has 0 spiro atoms. The Morgan fingerprint density at radius 3 is 2.60 bits per heavy atom. The summed E-state index contributed by atoms with van der Waals surface area (Å²) in [6.07, 6.45) is -0.935. The second kappa shape index (κ2) is 9.63. The SMILES string of the molecule is COCC#CC#Cc1ccc(N2CC(CC(C)(C(=O)NO)S(C)(=O)=O)OC2=O)cc1. The molecule has 2 unspecified atom stereocenters. The maximum absolute atomic E-state index is 12.3. The summed E-state index contributed by atoms with van der Waals surface area (Å²) in [5.74, 6) is 9.81. The van der Waals surface area contributed by atoms with E-state index in [0.717, 1.165) is 6.26 Å². The van der Waals surface area contributed by atoms with E-state index in [9.17, 15) is 18.0 Å². The normalized spacial score (nSPS) is 17.7. The monoisotopic (exact) mass is 434 g/mol. The summed E-state index contributed by atoms with van der Waals surface area (Å²) < 4.78 is 32.3. The Bertz CT molecular complexity index is 1030. The highest BCUT2D eigenvalue weighted by Crippen LogP contribution is 2.30. The van der Waals surface area contributed by atoms with Crippen LogP contribution < -0.4 is 10.4 Å². The molecular weight excluding hydrogens is 412 g/mol. The van der Waals surface area contributed by atoms with Gasteiger partial charge in [-0.15, -0.1) is 0 Å². The molecule has 0 bridgehead atoms. The minimum Gasteiger partial charge on any atom is -0.444 e. The second-order valence-corrected chi connectivity index (χ2v) is 9.24. The summed E-state index contributed by atoms with van der Waals surface area (Å²) in [7, 11) is -2.36. The number of cyclic esters (lactones) is 1. The Labute approximate surface area is 175 Å². The molecule has 1 saturated heterocycles. The van der Waals surface area contributed by atoms with Crippen molar-refractivity contribution in [1.29, 1.82) is 0 Å². The predicted molar refractivity (Wildman–Crippen MR) is 108 cm³/mol. The number of amides is 2. The fourth-order valence-corrected chi connectivity index (χ4v) is 3.66. The lowest BCUT2D eigenvalue weighted by molar-refractivity contribution is -0.132. The van der Waals surface area contributed by atoms with Crippen molar-refractivity contribution in [2.75, 3.05) is 31.4 Å². The van der Waals surface area contributed by atoms with Crippen LogP contribution in [-0.4, -0.2) is 63.0 Å². The molecule has 2 N–H and O–H groups in total. The van der Waals surface area contributed by atoms with Crippen molar-refractivity contribution in [3.63, 3.8) is 0 Å². The number of sulfone groups is 1. The molecular formula is C20H22N2O7S. The van der Waals surface area contributed by atoms with Gasteiger partial charge in [0.1, 0.15) is 12.7 Å². The summed E-state index contributed by atoms with van der Waals surface area (Å²) in [6.45, 7) is 1.52. The van der Waals surface area contributed by atoms with Crippen LogP contribution in [0.15, 0.2) is 24.3 Å². The number of hydrogen-bond acceptors (Lipinski definition) is 7. The summed E-state index contributed by atoms with van der Waals surface area (Å²) in [4.78, 5) is 25.6. The number of methoxy groups -OCH3 is 1. The van der Waals surface area contributed by atoms with E-state index in [0.29, 0.717) is 17.9 Å². The van der Waals surface area contributed by atoms with Gasteiger partial charge in [0.25, 0.3) is 5.91 Å². The van der Waals surface area contributed by atoms with E-state index in [1.165, 1.54) is 24.4 Å². The van der Waals surface area contributed by atoms with E-state index in [-0.39, 0.29) is 13.0 Å². The van der Waals surface area contributed by atoms with Gasteiger partial charge < -0.3 is 9.47 Å². The Hall–Kier alpha value is -3.05. The van der Waals surface area contributed by atoms with Gasteiger partial charge in [-0.2, -0.15) is 0 Å². The van der Waals surface area contributed by atoms with Crippen molar-refractivity contribution in [3.8, 4) is 23.7 Å². The quantitative estimate of drug-likeness (QED) is 0.384. The highest BCUT2D eigenvalue weighted by molar-refractivity contribution is 7.92. The lowest BCUT2D eigenvalue weighted by Crippen LogP contribution is -2.51. The number of anilines is 1. The lowest BCUT2D eigenvalue weighted by atomic mass is 10.0. The Balaban J connectivity index is 2.12. The first-order chi connectivity index (χ1) is 14.1. The van der Waals surface area contributed by atoms with Crippen LogP contribution >= 0.6 is 0 Å². The van der Waals surface area contributed by atoms with Crippen LogP contribution in [0.3, 0.4) is 0 Å². The number of carbonyl (C=O) groups is 2. The number of benzene rings is 1. The number of nitrogens with one attached hydrogen (secondary N) is 1. The number of rotatable bonds is 6. The van der Waals surface area contributed by atoms with Crippen LogP contribution in [0.2, 0.25) is 0 Å². The van der Waals surface area contributed by atoms with Crippen molar-refractivity contribution in [2.24, 2.45) is 0 Å². The van der Waals surface area contributed by atoms with Gasteiger partial charge in [-0.3, -0.25) is 14.9 Å². The van der Waals surface area contributed by atoms with Gasteiger partial charge in [-0.05, 0) is 43.0 Å². The van der Waals surface area contributed by atoms with Crippen molar-refractivity contribution >= 4 is 27.5 Å². The summed E-state index contributed by atoms with van der Waals surface area (Å²) in [5, 5.41) is 8.91. The third kappa shape index (κ3) is 5.30. The molecule has 9 nitrogen and oxygen atoms in total. The molecule has 160 valence electrons. The Kier molecular flexibility index (Phi) is 7.46. The van der Waals surface area contributed by atoms with E-state index < -0.39 is 32.7 Å². The first kappa shape index (κ1) is 23.2. The average molecular weight is 434 g/mol. The van der Waals surface area contributed by atoms with Crippen LogP contribution in [0, 0.1) is 23.7 Å². The second-order valence-electron chi connectivity index (χ2n) is 6.80. The molecule has 10 heteroatoms. The van der Waals surface area contributed by atoms with E-state index in [1.54, 1.807) is 24.3 Å². The van der Waals surface area contributed by atoms with Crippen molar-refractivity contribution in [3.05, 3.63) is 29.8 Å². The van der Waals surface area contributed by atoms with Gasteiger partial charge in [0, 0.05) is 31.0 Å². The molecule has 1 aliphatic heterocycles. The number of carbonyl (C=O) groups excluding carboxylic acids is 2. The summed E-state index contributed by atoms with van der Waals surface area (Å²) in [5.41, 5.74) is 2.60. The topological polar surface area (TPSA) is 122 Å². The average Bonchev–Trinajstić information content (AvgIpc) is 3.06. The maximum atomic E-state index is 12.3. The van der Waals surface area contributed by atoms with Crippen molar-refractivity contribution in [2.45, 2.75) is 24.2 Å². The minimum absolute atomic E-state index is 0.0518. The number of ether oxygens (including phenoxy) is 2. The fourth-order valence-electron chi connectivity index (χ4n) is 2.78. The van der Waals surface area contributed by atoms with E-state index >= 15 is 0 Å². The summed E-state index contributed by atoms with van der Waals surface area (Å²) >= 11 is 0. The third-order valence-corrected chi connectivity index (χ3v) is 6.63. The van der Waals surface area contributed by atoms with Crippen LogP contribution in [0.4, 0.5) is 10.5 Å². The minimum atomic E-state index is -3.90. The van der Waals surface area contributed by atoms with Gasteiger partial charge >= 0.3 is 6.09 Å². The first-order valence-electron chi connectivity index (χ1n) is 8.82. The zero-order valence-corrected chi connectivity index (χ0v) is 17.6. The molecule has 30 heavy (non-hydrogen) atoms. The highest BCUT2D eigenvalue weighted by atomic mass is 32.2. The molecule has 0 aromatic heterocycles. The van der Waals surface area contributed by atoms with E-state index in [4.69, 9.17) is 14.7 Å². The van der Waals surface area contributed by atoms with Crippen molar-refractivity contribution < 1.29 is 32.7 Å². The Morgan fingerprint density at radius 2 is 2.03 bits per heavy atom. The van der Waals surface area contributed by atoms with Gasteiger partial charge in [0.15, 0.2) is 14.6 Å². The number of hydroxylamine groups is 1. The van der Waals surface area contributed by atoms with Crippen LogP contribution in [0.1, 0.15) is 18.9 Å². The van der Waals surface area contributed by atoms with Gasteiger partial charge in [0.05, 0.1) is 6.54 Å². The highest BCUT2D eigenvalue weighted by Gasteiger charge is 2.48. The van der Waals surface area contributed by atoms with Crippen LogP contribution in [-0.2, 0) is 24.1 Å². The van der Waals surface area contributed by atoms with Gasteiger partial charge in [-0.1, -0.05) is 11.8 Å². The van der Waals surface area contributed by atoms with Crippen LogP contribution in [0.25, 0.3) is 0 Å². The van der Waals surface area contributed by atoms with Gasteiger partial charge in [0.2, 0.25) is 0 Å². The summed E-state index contributed by atoms with van der Waals surface area (Å²) in [6, 6.07) is 6.76. The molecule has 1 aromatic carbocycles. The number of nitrogens with zero attached hydrogens (tertiary/aromatic N) is 1. The lowest BCUT2D eigenvalue weighted by Gasteiger charge is -2.26. The molecule has 1 aliphatic rings. The molecule has 0 saturated carbocycles. The molecule has 2 amide bonds. The zero-order chi connectivity index (χ0) is 22.4. The van der Waals surface area contributed by atoms with Crippen molar-refractivity contribution in [1.82, 2.24) is 5.48 Å². The fraction of sp³-hybridized carbons (Fsp3) is 0.400. The molecule has 2 rings (SSSR count). The van der Waals surface area contributed by atoms with Crippen LogP contribution in [0.5, 0.6) is 0 Å². The third-order valence-electron chi connectivity index (χ3n) is 4.64. The molecule has 0 radical (unpaired) electrons. The Morgan fingerprint density at radius 1 is 1.37 bits per heavy atom. The molecule has 1 heterocycles. The molecule has 1 aromatic rings. The zero-order valence-electron chi connectivity index (χ0n) is 16.8. The van der Waals surface area contributed by atoms with Gasteiger partial charge in [-0.25, -0.2) is 18.7 Å². The molecule has 1 fully saturated rings. The smallest absolute Gasteiger partial charge is 0.414 e. The van der Waals surface area contributed by atoms with E-state index in [2.05, 4.69) is 23.7 Å². The largest absolute Gasteiger partial charge is 0.444 e. The number of hydrogen-bond donors (Lipinski definition) is 2. The molecule has 0 aliphatic carbocycles. The standard InChI is InChI=1S/C20H22N2O7S/c1-20(18(23)21-25,30(3,26)27)13-17-14-22(19(24)29-17)16-10-8-15(9-11-16)7-5-4-6-12-28-2/h8-11,17,25H,12-14H2,1-3H3,(H,21,23). The first-order valence-corrected chi connectivity index (χ1v) is 10.7. The predicted octanol–water partition coefficient (Wildman–Crippen LogP) is 0.712. The maximum Gasteiger partial charge on any atom is 0.414 e. The van der Waals surface area contributed by atoms with E-state index in [1.807, 2.05) is 0 Å².